The Labute approximate surface area is 135 Å². The molecule has 0 saturated carbocycles. The number of benzene rings is 1. The molecule has 6 heteroatoms. The number of carbonyl (C=O) groups is 2. The summed E-state index contributed by atoms with van der Waals surface area (Å²) in [6, 6.07) is 2.56. The summed E-state index contributed by atoms with van der Waals surface area (Å²) in [4.78, 5) is 22.6. The minimum atomic E-state index is -0.362. The smallest absolute Gasteiger partial charge is 0.302 e. The number of phenolic OH excluding ortho intramolecular Hbond substituents is 2. The van der Waals surface area contributed by atoms with Crippen molar-refractivity contribution in [2.75, 3.05) is 13.2 Å². The molecule has 0 spiro atoms. The van der Waals surface area contributed by atoms with Crippen molar-refractivity contribution >= 4 is 11.8 Å². The van der Waals surface area contributed by atoms with Gasteiger partial charge in [-0.1, -0.05) is 13.8 Å². The highest BCUT2D eigenvalue weighted by Gasteiger charge is 2.20. The van der Waals surface area contributed by atoms with E-state index in [4.69, 9.17) is 9.47 Å². The SMILES string of the molecule is CC(=O)OCC(C)=CCOc1cc(O)c(C(=O)C(C)C)c(O)c1. The highest BCUT2D eigenvalue weighted by molar-refractivity contribution is 6.02. The van der Waals surface area contributed by atoms with Crippen LogP contribution in [0.1, 0.15) is 38.1 Å². The first-order valence-electron chi connectivity index (χ1n) is 7.24. The molecule has 0 unspecified atom stereocenters. The number of carbonyl (C=O) groups excluding carboxylic acids is 2. The van der Waals surface area contributed by atoms with Crippen LogP contribution in [0.4, 0.5) is 0 Å². The monoisotopic (exact) mass is 322 g/mol. The number of hydrogen-bond acceptors (Lipinski definition) is 6. The van der Waals surface area contributed by atoms with E-state index in [1.165, 1.54) is 19.1 Å². The minimum Gasteiger partial charge on any atom is -0.507 e. The van der Waals surface area contributed by atoms with E-state index in [1.54, 1.807) is 26.8 Å². The predicted octanol–water partition coefficient (Wildman–Crippen LogP) is 2.82. The Morgan fingerprint density at radius 3 is 2.22 bits per heavy atom. The summed E-state index contributed by atoms with van der Waals surface area (Å²) < 4.78 is 10.2. The standard InChI is InChI=1S/C17H22O6/c1-10(2)17(21)16-14(19)7-13(8-15(16)20)22-6-5-11(3)9-23-12(4)18/h5,7-8,10,19-20H,6,9H2,1-4H3. The van der Waals surface area contributed by atoms with Crippen LogP contribution in [0.3, 0.4) is 0 Å². The van der Waals surface area contributed by atoms with Crippen LogP contribution >= 0.6 is 0 Å². The Hall–Kier alpha value is -2.50. The number of rotatable bonds is 7. The van der Waals surface area contributed by atoms with Crippen LogP contribution in [0.25, 0.3) is 0 Å². The zero-order valence-corrected chi connectivity index (χ0v) is 13.8. The van der Waals surface area contributed by atoms with Gasteiger partial charge in [-0.2, -0.15) is 0 Å². The molecule has 0 aromatic heterocycles. The lowest BCUT2D eigenvalue weighted by Crippen LogP contribution is -2.08. The van der Waals surface area contributed by atoms with Crippen molar-refractivity contribution in [3.05, 3.63) is 29.3 Å². The van der Waals surface area contributed by atoms with Crippen LogP contribution in [0, 0.1) is 5.92 Å². The lowest BCUT2D eigenvalue weighted by Gasteiger charge is -2.11. The largest absolute Gasteiger partial charge is 0.507 e. The second-order valence-electron chi connectivity index (χ2n) is 5.50. The number of ketones is 1. The molecule has 0 radical (unpaired) electrons. The molecule has 1 aromatic carbocycles. The van der Waals surface area contributed by atoms with Crippen molar-refractivity contribution in [3.8, 4) is 17.2 Å². The summed E-state index contributed by atoms with van der Waals surface area (Å²) in [5, 5.41) is 19.8. The summed E-state index contributed by atoms with van der Waals surface area (Å²) in [6.45, 7) is 6.83. The van der Waals surface area contributed by atoms with Gasteiger partial charge >= 0.3 is 5.97 Å². The van der Waals surface area contributed by atoms with Crippen LogP contribution in [0.5, 0.6) is 17.2 Å². The fourth-order valence-electron chi connectivity index (χ4n) is 1.77. The van der Waals surface area contributed by atoms with Gasteiger partial charge in [-0.3, -0.25) is 9.59 Å². The second-order valence-corrected chi connectivity index (χ2v) is 5.50. The molecule has 0 amide bonds. The first-order valence-corrected chi connectivity index (χ1v) is 7.24. The predicted molar refractivity (Wildman–Crippen MR) is 84.8 cm³/mol. The van der Waals surface area contributed by atoms with E-state index in [2.05, 4.69) is 0 Å². The Morgan fingerprint density at radius 2 is 1.74 bits per heavy atom. The molecule has 2 N–H and O–H groups in total. The van der Waals surface area contributed by atoms with Gasteiger partial charge in [-0.05, 0) is 18.6 Å². The van der Waals surface area contributed by atoms with Crippen molar-refractivity contribution < 1.29 is 29.3 Å². The number of Topliss-reactive ketones (excluding diaryl/α,β-unsaturated/α-hetero) is 1. The van der Waals surface area contributed by atoms with Gasteiger partial charge in [0.2, 0.25) is 0 Å². The molecule has 0 fully saturated rings. The maximum Gasteiger partial charge on any atom is 0.302 e. The molecule has 126 valence electrons. The van der Waals surface area contributed by atoms with Gasteiger partial charge in [-0.15, -0.1) is 0 Å². The van der Waals surface area contributed by atoms with Crippen molar-refractivity contribution in [1.29, 1.82) is 0 Å². The van der Waals surface area contributed by atoms with Crippen molar-refractivity contribution in [1.82, 2.24) is 0 Å². The van der Waals surface area contributed by atoms with E-state index in [0.717, 1.165) is 5.57 Å². The van der Waals surface area contributed by atoms with E-state index in [9.17, 15) is 19.8 Å². The van der Waals surface area contributed by atoms with Gasteiger partial charge in [0, 0.05) is 25.0 Å². The van der Waals surface area contributed by atoms with Gasteiger partial charge < -0.3 is 19.7 Å². The number of esters is 1. The first-order chi connectivity index (χ1) is 10.7. The number of hydrogen-bond donors (Lipinski definition) is 2. The fourth-order valence-corrected chi connectivity index (χ4v) is 1.77. The van der Waals surface area contributed by atoms with E-state index in [-0.39, 0.29) is 53.7 Å². The van der Waals surface area contributed by atoms with Crippen LogP contribution in [0.15, 0.2) is 23.8 Å². The van der Waals surface area contributed by atoms with Gasteiger partial charge in [0.25, 0.3) is 0 Å². The highest BCUT2D eigenvalue weighted by Crippen LogP contribution is 2.34. The summed E-state index contributed by atoms with van der Waals surface area (Å²) in [7, 11) is 0. The molecule has 1 aromatic rings. The van der Waals surface area contributed by atoms with Crippen LogP contribution in [-0.4, -0.2) is 35.2 Å². The normalized spacial score (nSPS) is 11.4. The highest BCUT2D eigenvalue weighted by atomic mass is 16.5. The van der Waals surface area contributed by atoms with Crippen LogP contribution in [-0.2, 0) is 9.53 Å². The van der Waals surface area contributed by atoms with Crippen LogP contribution < -0.4 is 4.74 Å². The molecule has 0 heterocycles. The fraction of sp³-hybridized carbons (Fsp3) is 0.412. The van der Waals surface area contributed by atoms with Gasteiger partial charge in [0.1, 0.15) is 36.0 Å². The summed E-state index contributed by atoms with van der Waals surface area (Å²) in [5.74, 6) is -1.46. The topological polar surface area (TPSA) is 93.1 Å². The zero-order valence-electron chi connectivity index (χ0n) is 13.8. The average Bonchev–Trinajstić information content (AvgIpc) is 2.44. The quantitative estimate of drug-likeness (QED) is 0.455. The molecule has 0 bridgehead atoms. The third-order valence-corrected chi connectivity index (χ3v) is 3.03. The Kier molecular flexibility index (Phi) is 6.63. The average molecular weight is 322 g/mol. The van der Waals surface area contributed by atoms with E-state index < -0.39 is 0 Å². The molecule has 23 heavy (non-hydrogen) atoms. The van der Waals surface area contributed by atoms with Gasteiger partial charge in [0.05, 0.1) is 0 Å². The Balaban J connectivity index is 2.75. The van der Waals surface area contributed by atoms with Crippen molar-refractivity contribution in [3.63, 3.8) is 0 Å². The van der Waals surface area contributed by atoms with Crippen LogP contribution in [0.2, 0.25) is 0 Å². The Morgan fingerprint density at radius 1 is 1.17 bits per heavy atom. The molecular formula is C17H22O6. The molecule has 0 atom stereocenters. The number of aromatic hydroxyl groups is 2. The molecule has 1 rings (SSSR count). The molecule has 0 aliphatic rings. The second kappa shape index (κ2) is 8.22. The summed E-state index contributed by atoms with van der Waals surface area (Å²) in [6.07, 6.45) is 1.71. The van der Waals surface area contributed by atoms with E-state index in [0.29, 0.717) is 0 Å². The number of ether oxygens (including phenoxy) is 2. The first kappa shape index (κ1) is 18.5. The van der Waals surface area contributed by atoms with E-state index >= 15 is 0 Å². The van der Waals surface area contributed by atoms with Gasteiger partial charge in [-0.25, -0.2) is 0 Å². The molecular weight excluding hydrogens is 300 g/mol. The van der Waals surface area contributed by atoms with Crippen molar-refractivity contribution in [2.24, 2.45) is 5.92 Å². The zero-order chi connectivity index (χ0) is 17.6. The summed E-state index contributed by atoms with van der Waals surface area (Å²) in [5.41, 5.74) is 0.703. The maximum atomic E-state index is 11.9. The molecule has 6 nitrogen and oxygen atoms in total. The summed E-state index contributed by atoms with van der Waals surface area (Å²) >= 11 is 0. The minimum absolute atomic E-state index is 0.103. The third kappa shape index (κ3) is 5.65. The lowest BCUT2D eigenvalue weighted by atomic mass is 9.99. The molecule has 0 aliphatic carbocycles. The lowest BCUT2D eigenvalue weighted by molar-refractivity contribution is -0.139. The Bertz CT molecular complexity index is 593. The molecule has 0 aliphatic heterocycles. The number of phenols is 2. The maximum absolute atomic E-state index is 11.9. The third-order valence-electron chi connectivity index (χ3n) is 3.03. The van der Waals surface area contributed by atoms with Gasteiger partial charge in [0.15, 0.2) is 5.78 Å². The van der Waals surface area contributed by atoms with E-state index in [1.807, 2.05) is 0 Å². The molecule has 0 saturated heterocycles. The van der Waals surface area contributed by atoms with Crippen molar-refractivity contribution in [2.45, 2.75) is 27.7 Å².